The third-order valence-electron chi connectivity index (χ3n) is 1.65. The molecule has 0 amide bonds. The minimum atomic E-state index is 0.208. The monoisotopic (exact) mass is 131 g/mol. The van der Waals surface area contributed by atoms with Crippen molar-refractivity contribution in [1.29, 1.82) is 0 Å². The third kappa shape index (κ3) is 2.82. The normalized spacial score (nSPS) is 17.3. The summed E-state index contributed by atoms with van der Waals surface area (Å²) < 4.78 is 5.13. The van der Waals surface area contributed by atoms with Crippen molar-refractivity contribution in [1.82, 2.24) is 0 Å². The van der Waals surface area contributed by atoms with E-state index in [1.807, 2.05) is 0 Å². The van der Waals surface area contributed by atoms with Crippen LogP contribution in [0.2, 0.25) is 0 Å². The molecule has 0 aliphatic heterocycles. The summed E-state index contributed by atoms with van der Waals surface area (Å²) in [5.41, 5.74) is 5.71. The van der Waals surface area contributed by atoms with E-state index in [1.54, 1.807) is 7.11 Å². The predicted octanol–water partition coefficient (Wildman–Crippen LogP) is 1.15. The van der Waals surface area contributed by atoms with E-state index in [1.165, 1.54) is 0 Å². The molecule has 0 rings (SSSR count). The lowest BCUT2D eigenvalue weighted by Crippen LogP contribution is -2.34. The molecular weight excluding hydrogens is 114 g/mol. The van der Waals surface area contributed by atoms with Crippen molar-refractivity contribution < 1.29 is 4.74 Å². The van der Waals surface area contributed by atoms with E-state index < -0.39 is 0 Å². The molecule has 56 valence electrons. The van der Waals surface area contributed by atoms with Gasteiger partial charge >= 0.3 is 0 Å². The maximum atomic E-state index is 5.71. The second-order valence-corrected chi connectivity index (χ2v) is 2.25. The van der Waals surface area contributed by atoms with Crippen molar-refractivity contribution in [2.75, 3.05) is 7.11 Å². The number of ether oxygens (including phenoxy) is 1. The van der Waals surface area contributed by atoms with Gasteiger partial charge in [0.15, 0.2) is 0 Å². The molecule has 2 heteroatoms. The SMILES string of the molecule is CCC(OC)[C@H](N)CC. The predicted molar refractivity (Wildman–Crippen MR) is 39.4 cm³/mol. The Hall–Kier alpha value is -0.0800. The number of methoxy groups -OCH3 is 1. The molecule has 0 heterocycles. The molecule has 0 spiro atoms. The average Bonchev–Trinajstić information content (AvgIpc) is 1.90. The van der Waals surface area contributed by atoms with Crippen molar-refractivity contribution in [3.8, 4) is 0 Å². The summed E-state index contributed by atoms with van der Waals surface area (Å²) in [6, 6.07) is 0.208. The van der Waals surface area contributed by atoms with Gasteiger partial charge in [0.1, 0.15) is 0 Å². The Balaban J connectivity index is 3.50. The lowest BCUT2D eigenvalue weighted by atomic mass is 10.1. The van der Waals surface area contributed by atoms with Crippen LogP contribution in [0.25, 0.3) is 0 Å². The first-order valence-electron chi connectivity index (χ1n) is 3.54. The molecule has 2 nitrogen and oxygen atoms in total. The van der Waals surface area contributed by atoms with Gasteiger partial charge in [-0.05, 0) is 12.8 Å². The van der Waals surface area contributed by atoms with Gasteiger partial charge in [0, 0.05) is 13.2 Å². The van der Waals surface area contributed by atoms with Crippen molar-refractivity contribution in [2.45, 2.75) is 38.8 Å². The van der Waals surface area contributed by atoms with Crippen LogP contribution in [-0.4, -0.2) is 19.3 Å². The fraction of sp³-hybridized carbons (Fsp3) is 1.00. The maximum absolute atomic E-state index is 5.71. The molecule has 0 saturated carbocycles. The van der Waals surface area contributed by atoms with Crippen molar-refractivity contribution >= 4 is 0 Å². The Morgan fingerprint density at radius 3 is 2.00 bits per heavy atom. The molecule has 0 aromatic carbocycles. The zero-order chi connectivity index (χ0) is 7.28. The number of hydrogen-bond acceptors (Lipinski definition) is 2. The van der Waals surface area contributed by atoms with E-state index in [0.717, 1.165) is 12.8 Å². The summed E-state index contributed by atoms with van der Waals surface area (Å²) in [5, 5.41) is 0. The number of rotatable bonds is 4. The van der Waals surface area contributed by atoms with Crippen LogP contribution in [0, 0.1) is 0 Å². The van der Waals surface area contributed by atoms with Gasteiger partial charge in [0.25, 0.3) is 0 Å². The van der Waals surface area contributed by atoms with Gasteiger partial charge in [-0.1, -0.05) is 13.8 Å². The molecule has 0 bridgehead atoms. The molecule has 9 heavy (non-hydrogen) atoms. The lowest BCUT2D eigenvalue weighted by Gasteiger charge is -2.18. The first kappa shape index (κ1) is 8.92. The highest BCUT2D eigenvalue weighted by atomic mass is 16.5. The molecule has 0 aromatic rings. The summed E-state index contributed by atoms with van der Waals surface area (Å²) in [6.45, 7) is 4.16. The van der Waals surface area contributed by atoms with Crippen LogP contribution in [0.4, 0.5) is 0 Å². The summed E-state index contributed by atoms with van der Waals surface area (Å²) in [7, 11) is 1.71. The Kier molecular flexibility index (Phi) is 4.72. The van der Waals surface area contributed by atoms with E-state index in [2.05, 4.69) is 13.8 Å². The van der Waals surface area contributed by atoms with Crippen LogP contribution >= 0.6 is 0 Å². The molecule has 0 saturated heterocycles. The standard InChI is InChI=1S/C7H17NO/c1-4-6(8)7(5-2)9-3/h6-7H,4-5,8H2,1-3H3/t6-,7?/m1/s1. The largest absolute Gasteiger partial charge is 0.380 e. The molecule has 1 unspecified atom stereocenters. The Labute approximate surface area is 57.4 Å². The van der Waals surface area contributed by atoms with Crippen molar-refractivity contribution in [2.24, 2.45) is 5.73 Å². The molecule has 0 radical (unpaired) electrons. The van der Waals surface area contributed by atoms with E-state index in [4.69, 9.17) is 10.5 Å². The quantitative estimate of drug-likeness (QED) is 0.621. The minimum Gasteiger partial charge on any atom is -0.380 e. The van der Waals surface area contributed by atoms with E-state index in [0.29, 0.717) is 0 Å². The molecule has 0 aliphatic carbocycles. The maximum Gasteiger partial charge on any atom is 0.0719 e. The van der Waals surface area contributed by atoms with Crippen LogP contribution < -0.4 is 5.73 Å². The fourth-order valence-electron chi connectivity index (χ4n) is 0.907. The number of nitrogens with two attached hydrogens (primary N) is 1. The number of hydrogen-bond donors (Lipinski definition) is 1. The topological polar surface area (TPSA) is 35.2 Å². The van der Waals surface area contributed by atoms with Crippen LogP contribution in [0.3, 0.4) is 0 Å². The highest BCUT2D eigenvalue weighted by Gasteiger charge is 2.11. The molecule has 0 aliphatic rings. The Morgan fingerprint density at radius 2 is 1.89 bits per heavy atom. The molecule has 2 N–H and O–H groups in total. The van der Waals surface area contributed by atoms with Gasteiger partial charge in [-0.15, -0.1) is 0 Å². The summed E-state index contributed by atoms with van der Waals surface area (Å²) in [4.78, 5) is 0. The van der Waals surface area contributed by atoms with Gasteiger partial charge in [0.05, 0.1) is 6.10 Å². The van der Waals surface area contributed by atoms with Gasteiger partial charge in [-0.2, -0.15) is 0 Å². The average molecular weight is 131 g/mol. The van der Waals surface area contributed by atoms with Crippen LogP contribution in [0.15, 0.2) is 0 Å². The van der Waals surface area contributed by atoms with Gasteiger partial charge in [0.2, 0.25) is 0 Å². The summed E-state index contributed by atoms with van der Waals surface area (Å²) >= 11 is 0. The molecule has 0 fully saturated rings. The smallest absolute Gasteiger partial charge is 0.0719 e. The zero-order valence-electron chi connectivity index (χ0n) is 6.55. The first-order chi connectivity index (χ1) is 4.26. The van der Waals surface area contributed by atoms with Gasteiger partial charge in [-0.3, -0.25) is 0 Å². The third-order valence-corrected chi connectivity index (χ3v) is 1.65. The zero-order valence-corrected chi connectivity index (χ0v) is 6.55. The summed E-state index contributed by atoms with van der Waals surface area (Å²) in [6.07, 6.45) is 2.24. The van der Waals surface area contributed by atoms with Crippen LogP contribution in [0.5, 0.6) is 0 Å². The van der Waals surface area contributed by atoms with Crippen molar-refractivity contribution in [3.05, 3.63) is 0 Å². The van der Waals surface area contributed by atoms with Crippen LogP contribution in [-0.2, 0) is 4.74 Å². The minimum absolute atomic E-state index is 0.208. The van der Waals surface area contributed by atoms with Gasteiger partial charge in [-0.25, -0.2) is 0 Å². The Bertz CT molecular complexity index is 61.9. The Morgan fingerprint density at radius 1 is 1.33 bits per heavy atom. The van der Waals surface area contributed by atoms with Gasteiger partial charge < -0.3 is 10.5 Å². The van der Waals surface area contributed by atoms with Crippen LogP contribution in [0.1, 0.15) is 26.7 Å². The second kappa shape index (κ2) is 4.77. The van der Waals surface area contributed by atoms with E-state index >= 15 is 0 Å². The second-order valence-electron chi connectivity index (χ2n) is 2.25. The molecule has 2 atom stereocenters. The van der Waals surface area contributed by atoms with E-state index in [9.17, 15) is 0 Å². The highest BCUT2D eigenvalue weighted by molar-refractivity contribution is 4.69. The molecule has 0 aromatic heterocycles. The van der Waals surface area contributed by atoms with Crippen molar-refractivity contribution in [3.63, 3.8) is 0 Å². The molecular formula is C7H17NO. The summed E-state index contributed by atoms with van der Waals surface area (Å²) in [5.74, 6) is 0. The lowest BCUT2D eigenvalue weighted by molar-refractivity contribution is 0.0762. The fourth-order valence-corrected chi connectivity index (χ4v) is 0.907. The highest BCUT2D eigenvalue weighted by Crippen LogP contribution is 2.02. The van der Waals surface area contributed by atoms with E-state index in [-0.39, 0.29) is 12.1 Å². The first-order valence-corrected chi connectivity index (χ1v) is 3.54.